The molecule has 0 saturated heterocycles. The largest absolute Gasteiger partial charge is 0.351 e. The molecule has 0 atom stereocenters. The summed E-state index contributed by atoms with van der Waals surface area (Å²) in [4.78, 5) is 13.9. The molecule has 0 fully saturated rings. The van der Waals surface area contributed by atoms with Gasteiger partial charge < -0.3 is 10.2 Å². The molecule has 0 aliphatic rings. The molecule has 1 N–H and O–H groups in total. The first-order chi connectivity index (χ1) is 8.02. The highest BCUT2D eigenvalue weighted by Crippen LogP contribution is 2.19. The molecule has 1 aromatic rings. The van der Waals surface area contributed by atoms with Crippen LogP contribution in [0.25, 0.3) is 0 Å². The van der Waals surface area contributed by atoms with Gasteiger partial charge in [0.1, 0.15) is 0 Å². The number of nitrogens with zero attached hydrogens (tertiary/aromatic N) is 1. The van der Waals surface area contributed by atoms with Crippen LogP contribution in [0.2, 0.25) is 5.02 Å². The molecule has 0 unspecified atom stereocenters. The van der Waals surface area contributed by atoms with Crippen LogP contribution in [-0.4, -0.2) is 37.5 Å². The second-order valence-corrected chi connectivity index (χ2v) is 5.16. The zero-order chi connectivity index (χ0) is 12.8. The predicted molar refractivity (Wildman–Crippen MR) is 74.7 cm³/mol. The number of benzene rings is 1. The van der Waals surface area contributed by atoms with Gasteiger partial charge in [-0.05, 0) is 31.8 Å². The molecule has 0 spiro atoms. The first-order valence-electron chi connectivity index (χ1n) is 5.45. The molecular formula is C12H16BrClN2O. The van der Waals surface area contributed by atoms with Crippen LogP contribution in [0.4, 0.5) is 0 Å². The summed E-state index contributed by atoms with van der Waals surface area (Å²) in [7, 11) is 2.02. The number of halogens is 2. The maximum Gasteiger partial charge on any atom is 0.251 e. The number of likely N-dealkylation sites (N-methyl/N-ethyl adjacent to an activating group) is 1. The van der Waals surface area contributed by atoms with Gasteiger partial charge in [-0.2, -0.15) is 0 Å². The van der Waals surface area contributed by atoms with Crippen molar-refractivity contribution in [1.29, 1.82) is 0 Å². The Balaban J connectivity index is 2.52. The zero-order valence-corrected chi connectivity index (χ0v) is 12.3. The van der Waals surface area contributed by atoms with Crippen molar-refractivity contribution in [2.24, 2.45) is 0 Å². The van der Waals surface area contributed by atoms with E-state index in [9.17, 15) is 4.79 Å². The molecule has 17 heavy (non-hydrogen) atoms. The molecule has 94 valence electrons. The Bertz CT molecular complexity index is 378. The Hall–Kier alpha value is -0.580. The van der Waals surface area contributed by atoms with E-state index in [-0.39, 0.29) is 5.91 Å². The van der Waals surface area contributed by atoms with Gasteiger partial charge in [0.2, 0.25) is 0 Å². The Labute approximate surface area is 115 Å². The van der Waals surface area contributed by atoms with E-state index in [1.54, 1.807) is 18.2 Å². The third kappa shape index (κ3) is 5.06. The van der Waals surface area contributed by atoms with Crippen molar-refractivity contribution in [1.82, 2.24) is 10.2 Å². The van der Waals surface area contributed by atoms with Gasteiger partial charge in [0.05, 0.1) is 0 Å². The molecule has 0 aliphatic carbocycles. The minimum absolute atomic E-state index is 0.0993. The zero-order valence-electron chi connectivity index (χ0n) is 9.96. The van der Waals surface area contributed by atoms with E-state index in [2.05, 4.69) is 33.1 Å². The van der Waals surface area contributed by atoms with Crippen molar-refractivity contribution < 1.29 is 4.79 Å². The maximum atomic E-state index is 11.8. The SMILES string of the molecule is CCN(C)CCNC(=O)c1cc(Cl)cc(Br)c1. The fourth-order valence-electron chi connectivity index (χ4n) is 1.31. The van der Waals surface area contributed by atoms with E-state index in [4.69, 9.17) is 11.6 Å². The fraction of sp³-hybridized carbons (Fsp3) is 0.417. The van der Waals surface area contributed by atoms with Crippen LogP contribution in [-0.2, 0) is 0 Å². The lowest BCUT2D eigenvalue weighted by Crippen LogP contribution is -2.32. The lowest BCUT2D eigenvalue weighted by molar-refractivity contribution is 0.0950. The second kappa shape index (κ2) is 6.99. The summed E-state index contributed by atoms with van der Waals surface area (Å²) in [6, 6.07) is 5.17. The van der Waals surface area contributed by atoms with Gasteiger partial charge in [0, 0.05) is 28.1 Å². The lowest BCUT2D eigenvalue weighted by Gasteiger charge is -2.14. The third-order valence-corrected chi connectivity index (χ3v) is 3.12. The van der Waals surface area contributed by atoms with Gasteiger partial charge in [0.15, 0.2) is 0 Å². The molecule has 0 heterocycles. The van der Waals surface area contributed by atoms with E-state index in [0.29, 0.717) is 17.1 Å². The second-order valence-electron chi connectivity index (χ2n) is 3.81. The summed E-state index contributed by atoms with van der Waals surface area (Å²) in [5.41, 5.74) is 0.573. The fourth-order valence-corrected chi connectivity index (χ4v) is 2.17. The summed E-state index contributed by atoms with van der Waals surface area (Å²) >= 11 is 9.19. The van der Waals surface area contributed by atoms with Crippen molar-refractivity contribution in [2.45, 2.75) is 6.92 Å². The van der Waals surface area contributed by atoms with Crippen LogP contribution >= 0.6 is 27.5 Å². The van der Waals surface area contributed by atoms with Crippen LogP contribution in [0, 0.1) is 0 Å². The van der Waals surface area contributed by atoms with E-state index < -0.39 is 0 Å². The number of carbonyl (C=O) groups is 1. The molecule has 0 bridgehead atoms. The Morgan fingerprint density at radius 2 is 2.18 bits per heavy atom. The minimum atomic E-state index is -0.0993. The molecule has 1 aromatic carbocycles. The van der Waals surface area contributed by atoms with Crippen LogP contribution in [0.3, 0.4) is 0 Å². The third-order valence-electron chi connectivity index (χ3n) is 2.44. The smallest absolute Gasteiger partial charge is 0.251 e. The summed E-state index contributed by atoms with van der Waals surface area (Å²) in [5.74, 6) is -0.0993. The monoisotopic (exact) mass is 318 g/mol. The van der Waals surface area contributed by atoms with Crippen molar-refractivity contribution in [3.05, 3.63) is 33.3 Å². The highest BCUT2D eigenvalue weighted by molar-refractivity contribution is 9.10. The highest BCUT2D eigenvalue weighted by atomic mass is 79.9. The summed E-state index contributed by atoms with van der Waals surface area (Å²) in [5, 5.41) is 3.41. The van der Waals surface area contributed by atoms with Crippen LogP contribution in [0.1, 0.15) is 17.3 Å². The summed E-state index contributed by atoms with van der Waals surface area (Å²) in [6.45, 7) is 4.52. The van der Waals surface area contributed by atoms with Gasteiger partial charge in [0.25, 0.3) is 5.91 Å². The number of hydrogen-bond donors (Lipinski definition) is 1. The highest BCUT2D eigenvalue weighted by Gasteiger charge is 2.07. The number of rotatable bonds is 5. The number of hydrogen-bond acceptors (Lipinski definition) is 2. The first-order valence-corrected chi connectivity index (χ1v) is 6.63. The lowest BCUT2D eigenvalue weighted by atomic mass is 10.2. The maximum absolute atomic E-state index is 11.8. The Kier molecular flexibility index (Phi) is 5.95. The van der Waals surface area contributed by atoms with Gasteiger partial charge in [-0.25, -0.2) is 0 Å². The van der Waals surface area contributed by atoms with Crippen LogP contribution < -0.4 is 5.32 Å². The topological polar surface area (TPSA) is 32.3 Å². The summed E-state index contributed by atoms with van der Waals surface area (Å²) in [6.07, 6.45) is 0. The number of amides is 1. The van der Waals surface area contributed by atoms with E-state index >= 15 is 0 Å². The molecule has 0 aliphatic heterocycles. The number of nitrogens with one attached hydrogen (secondary N) is 1. The molecule has 0 saturated carbocycles. The van der Waals surface area contributed by atoms with E-state index in [1.807, 2.05) is 7.05 Å². The first kappa shape index (κ1) is 14.5. The van der Waals surface area contributed by atoms with Crippen LogP contribution in [0.5, 0.6) is 0 Å². The van der Waals surface area contributed by atoms with Crippen LogP contribution in [0.15, 0.2) is 22.7 Å². The molecule has 1 rings (SSSR count). The average Bonchev–Trinajstić information content (AvgIpc) is 2.27. The van der Waals surface area contributed by atoms with Crippen molar-refractivity contribution in [3.63, 3.8) is 0 Å². The Morgan fingerprint density at radius 1 is 1.47 bits per heavy atom. The predicted octanol–water partition coefficient (Wildman–Crippen LogP) is 2.78. The van der Waals surface area contributed by atoms with Gasteiger partial charge in [-0.15, -0.1) is 0 Å². The van der Waals surface area contributed by atoms with E-state index in [0.717, 1.165) is 17.6 Å². The normalized spacial score (nSPS) is 10.6. The quantitative estimate of drug-likeness (QED) is 0.905. The van der Waals surface area contributed by atoms with Gasteiger partial charge in [-0.3, -0.25) is 4.79 Å². The van der Waals surface area contributed by atoms with E-state index in [1.165, 1.54) is 0 Å². The molecule has 5 heteroatoms. The standard InChI is InChI=1S/C12H16BrClN2O/c1-3-16(2)5-4-15-12(17)9-6-10(13)8-11(14)7-9/h6-8H,3-5H2,1-2H3,(H,15,17). The molecule has 3 nitrogen and oxygen atoms in total. The molecule has 0 radical (unpaired) electrons. The Morgan fingerprint density at radius 3 is 2.76 bits per heavy atom. The number of carbonyl (C=O) groups excluding carboxylic acids is 1. The van der Waals surface area contributed by atoms with Gasteiger partial charge >= 0.3 is 0 Å². The van der Waals surface area contributed by atoms with Crippen molar-refractivity contribution in [3.8, 4) is 0 Å². The van der Waals surface area contributed by atoms with Crippen molar-refractivity contribution in [2.75, 3.05) is 26.7 Å². The minimum Gasteiger partial charge on any atom is -0.351 e. The average molecular weight is 320 g/mol. The summed E-state index contributed by atoms with van der Waals surface area (Å²) < 4.78 is 0.806. The molecule has 1 amide bonds. The molecular weight excluding hydrogens is 304 g/mol. The van der Waals surface area contributed by atoms with Crippen molar-refractivity contribution >= 4 is 33.4 Å². The molecule has 0 aromatic heterocycles. The van der Waals surface area contributed by atoms with Gasteiger partial charge in [-0.1, -0.05) is 34.5 Å².